The highest BCUT2D eigenvalue weighted by atomic mass is 32.2. The second-order valence-electron chi connectivity index (χ2n) is 3.52. The Morgan fingerprint density at radius 3 is 2.35 bits per heavy atom. The molecule has 2 aromatic rings. The van der Waals surface area contributed by atoms with E-state index in [0.717, 1.165) is 5.56 Å². The highest BCUT2D eigenvalue weighted by Gasteiger charge is 2.17. The molecular weight excluding hydrogens is 238 g/mol. The monoisotopic (exact) mass is 249 g/mol. The summed E-state index contributed by atoms with van der Waals surface area (Å²) in [4.78, 5) is 3.75. The van der Waals surface area contributed by atoms with E-state index < -0.39 is 10.1 Å². The molecule has 0 atom stereocenters. The number of aryl methyl sites for hydroxylation is 1. The van der Waals surface area contributed by atoms with Crippen LogP contribution in [-0.4, -0.2) is 13.4 Å². The summed E-state index contributed by atoms with van der Waals surface area (Å²) in [6.45, 7) is 1.91. The molecule has 1 aromatic carbocycles. The first-order chi connectivity index (χ1) is 8.08. The van der Waals surface area contributed by atoms with Crippen molar-refractivity contribution >= 4 is 10.1 Å². The van der Waals surface area contributed by atoms with Crippen LogP contribution >= 0.6 is 0 Å². The molecule has 17 heavy (non-hydrogen) atoms. The fourth-order valence-corrected chi connectivity index (χ4v) is 2.14. The number of hydrogen-bond acceptors (Lipinski definition) is 4. The molecule has 0 radical (unpaired) electrons. The first-order valence-electron chi connectivity index (χ1n) is 5.00. The van der Waals surface area contributed by atoms with Crippen molar-refractivity contribution < 1.29 is 12.6 Å². The van der Waals surface area contributed by atoms with Gasteiger partial charge < -0.3 is 4.18 Å². The van der Waals surface area contributed by atoms with Gasteiger partial charge in [-0.2, -0.15) is 8.42 Å². The van der Waals surface area contributed by atoms with E-state index in [1.807, 2.05) is 6.92 Å². The summed E-state index contributed by atoms with van der Waals surface area (Å²) in [6, 6.07) is 11.4. The second kappa shape index (κ2) is 4.55. The summed E-state index contributed by atoms with van der Waals surface area (Å²) in [5.41, 5.74) is 1.03. The van der Waals surface area contributed by atoms with Crippen LogP contribution in [0.4, 0.5) is 0 Å². The minimum absolute atomic E-state index is 0.0967. The van der Waals surface area contributed by atoms with Crippen LogP contribution in [0.15, 0.2) is 53.7 Å². The minimum Gasteiger partial charge on any atom is -0.378 e. The van der Waals surface area contributed by atoms with Gasteiger partial charge in [0.15, 0.2) is 5.03 Å². The van der Waals surface area contributed by atoms with Gasteiger partial charge in [0, 0.05) is 6.20 Å². The van der Waals surface area contributed by atoms with E-state index in [1.54, 1.807) is 36.4 Å². The average Bonchev–Trinajstić information content (AvgIpc) is 2.33. The quantitative estimate of drug-likeness (QED) is 0.782. The Morgan fingerprint density at radius 1 is 1.06 bits per heavy atom. The van der Waals surface area contributed by atoms with Gasteiger partial charge in [-0.3, -0.25) is 0 Å². The Labute approximate surface area is 100 Å². The molecule has 0 unspecified atom stereocenters. The Morgan fingerprint density at radius 2 is 1.76 bits per heavy atom. The second-order valence-corrected chi connectivity index (χ2v) is 5.01. The Hall–Kier alpha value is -1.88. The van der Waals surface area contributed by atoms with Crippen LogP contribution in [0.25, 0.3) is 0 Å². The van der Waals surface area contributed by atoms with Gasteiger partial charge in [-0.15, -0.1) is 0 Å². The summed E-state index contributed by atoms with van der Waals surface area (Å²) in [7, 11) is -3.84. The zero-order valence-corrected chi connectivity index (χ0v) is 10.0. The molecule has 0 N–H and O–H groups in total. The summed E-state index contributed by atoms with van der Waals surface area (Å²) < 4.78 is 28.6. The standard InChI is InChI=1S/C12H11NO3S/c1-10-5-7-11(8-6-10)16-17(14,15)12-4-2-3-9-13-12/h2-9H,1H3. The fraction of sp³-hybridized carbons (Fsp3) is 0.0833. The summed E-state index contributed by atoms with van der Waals surface area (Å²) in [5, 5.41) is -0.0967. The zero-order chi connectivity index (χ0) is 12.3. The molecule has 0 aliphatic rings. The van der Waals surface area contributed by atoms with E-state index in [1.165, 1.54) is 12.3 Å². The third-order valence-corrected chi connectivity index (χ3v) is 3.29. The molecule has 1 heterocycles. The van der Waals surface area contributed by atoms with Gasteiger partial charge in [-0.05, 0) is 31.2 Å². The van der Waals surface area contributed by atoms with Crippen LogP contribution in [0.2, 0.25) is 0 Å². The number of benzene rings is 1. The van der Waals surface area contributed by atoms with Crippen molar-refractivity contribution in [1.82, 2.24) is 4.98 Å². The molecule has 88 valence electrons. The van der Waals surface area contributed by atoms with Crippen molar-refractivity contribution in [3.8, 4) is 5.75 Å². The maximum Gasteiger partial charge on any atom is 0.356 e. The smallest absolute Gasteiger partial charge is 0.356 e. The number of nitrogens with zero attached hydrogens (tertiary/aromatic N) is 1. The summed E-state index contributed by atoms with van der Waals surface area (Å²) in [6.07, 6.45) is 1.41. The van der Waals surface area contributed by atoms with E-state index in [4.69, 9.17) is 4.18 Å². The largest absolute Gasteiger partial charge is 0.378 e. The topological polar surface area (TPSA) is 56.3 Å². The average molecular weight is 249 g/mol. The SMILES string of the molecule is Cc1ccc(OS(=O)(=O)c2ccccn2)cc1. The molecule has 1 aromatic heterocycles. The molecule has 0 fully saturated rings. The van der Waals surface area contributed by atoms with E-state index in [2.05, 4.69) is 4.98 Å². The maximum absolute atomic E-state index is 11.8. The van der Waals surface area contributed by atoms with Crippen LogP contribution in [0, 0.1) is 6.92 Å². The molecule has 5 heteroatoms. The Bertz CT molecular complexity index is 591. The van der Waals surface area contributed by atoms with Crippen LogP contribution in [-0.2, 0) is 10.1 Å². The van der Waals surface area contributed by atoms with Gasteiger partial charge in [0.25, 0.3) is 0 Å². The van der Waals surface area contributed by atoms with Crippen molar-refractivity contribution in [2.24, 2.45) is 0 Å². The van der Waals surface area contributed by atoms with Crippen molar-refractivity contribution in [3.63, 3.8) is 0 Å². The van der Waals surface area contributed by atoms with Crippen LogP contribution in [0.3, 0.4) is 0 Å². The molecule has 0 aliphatic heterocycles. The number of hydrogen-bond donors (Lipinski definition) is 0. The van der Waals surface area contributed by atoms with Crippen LogP contribution in [0.5, 0.6) is 5.75 Å². The van der Waals surface area contributed by atoms with Gasteiger partial charge in [0.1, 0.15) is 5.75 Å². The lowest BCUT2D eigenvalue weighted by atomic mass is 10.2. The lowest BCUT2D eigenvalue weighted by Crippen LogP contribution is -2.11. The molecule has 0 saturated heterocycles. The highest BCUT2D eigenvalue weighted by Crippen LogP contribution is 2.17. The molecule has 0 aliphatic carbocycles. The van der Waals surface area contributed by atoms with Gasteiger partial charge in [-0.25, -0.2) is 4.98 Å². The van der Waals surface area contributed by atoms with Gasteiger partial charge in [0.05, 0.1) is 0 Å². The van der Waals surface area contributed by atoms with Gasteiger partial charge in [-0.1, -0.05) is 23.8 Å². The predicted octanol–water partition coefficient (Wildman–Crippen LogP) is 2.16. The lowest BCUT2D eigenvalue weighted by Gasteiger charge is -2.05. The third kappa shape index (κ3) is 2.82. The maximum atomic E-state index is 11.8. The fourth-order valence-electron chi connectivity index (χ4n) is 1.26. The molecular formula is C12H11NO3S. The zero-order valence-electron chi connectivity index (χ0n) is 9.20. The minimum atomic E-state index is -3.84. The third-order valence-electron chi connectivity index (χ3n) is 2.12. The van der Waals surface area contributed by atoms with E-state index >= 15 is 0 Å². The van der Waals surface area contributed by atoms with Crippen molar-refractivity contribution in [2.75, 3.05) is 0 Å². The molecule has 0 saturated carbocycles. The van der Waals surface area contributed by atoms with Crippen molar-refractivity contribution in [3.05, 3.63) is 54.2 Å². The molecule has 0 spiro atoms. The van der Waals surface area contributed by atoms with E-state index in [-0.39, 0.29) is 10.8 Å². The summed E-state index contributed by atoms with van der Waals surface area (Å²) >= 11 is 0. The number of aromatic nitrogens is 1. The predicted molar refractivity (Wildman–Crippen MR) is 63.2 cm³/mol. The summed E-state index contributed by atoms with van der Waals surface area (Å²) in [5.74, 6) is 0.279. The normalized spacial score (nSPS) is 11.1. The van der Waals surface area contributed by atoms with Crippen molar-refractivity contribution in [2.45, 2.75) is 11.9 Å². The van der Waals surface area contributed by atoms with Crippen LogP contribution in [0.1, 0.15) is 5.56 Å². The molecule has 0 amide bonds. The molecule has 0 bridgehead atoms. The first kappa shape index (κ1) is 11.6. The van der Waals surface area contributed by atoms with Gasteiger partial charge >= 0.3 is 10.1 Å². The van der Waals surface area contributed by atoms with E-state index in [0.29, 0.717) is 0 Å². The Balaban J connectivity index is 2.27. The van der Waals surface area contributed by atoms with Gasteiger partial charge in [0.2, 0.25) is 0 Å². The number of rotatable bonds is 3. The molecule has 2 rings (SSSR count). The van der Waals surface area contributed by atoms with E-state index in [9.17, 15) is 8.42 Å². The Kier molecular flexibility index (Phi) is 3.10. The highest BCUT2D eigenvalue weighted by molar-refractivity contribution is 7.87. The lowest BCUT2D eigenvalue weighted by molar-refractivity contribution is 0.482. The molecule has 4 nitrogen and oxygen atoms in total. The van der Waals surface area contributed by atoms with Crippen LogP contribution < -0.4 is 4.18 Å². The van der Waals surface area contributed by atoms with Crippen molar-refractivity contribution in [1.29, 1.82) is 0 Å². The first-order valence-corrected chi connectivity index (χ1v) is 6.41. The number of pyridine rings is 1.